The first-order valence-corrected chi connectivity index (χ1v) is 6.39. The SMILES string of the molecule is COc1ccc(NC(C)c2cccc([N+](=O)[O-])c2)cc1O. The molecule has 0 aliphatic carbocycles. The second-order valence-electron chi connectivity index (χ2n) is 4.60. The lowest BCUT2D eigenvalue weighted by Gasteiger charge is -2.16. The van der Waals surface area contributed by atoms with Crippen LogP contribution in [-0.4, -0.2) is 17.1 Å². The molecule has 2 aromatic carbocycles. The van der Waals surface area contributed by atoms with Gasteiger partial charge in [0.1, 0.15) is 0 Å². The largest absolute Gasteiger partial charge is 0.504 e. The lowest BCUT2D eigenvalue weighted by Crippen LogP contribution is -2.07. The van der Waals surface area contributed by atoms with Gasteiger partial charge in [-0.15, -0.1) is 0 Å². The van der Waals surface area contributed by atoms with E-state index in [0.29, 0.717) is 11.4 Å². The van der Waals surface area contributed by atoms with Gasteiger partial charge in [-0.05, 0) is 24.6 Å². The fourth-order valence-electron chi connectivity index (χ4n) is 2.02. The van der Waals surface area contributed by atoms with Gasteiger partial charge in [-0.3, -0.25) is 10.1 Å². The molecule has 2 N–H and O–H groups in total. The Kier molecular flexibility index (Phi) is 4.27. The Hall–Kier alpha value is -2.76. The smallest absolute Gasteiger partial charge is 0.269 e. The van der Waals surface area contributed by atoms with Crippen LogP contribution in [0.1, 0.15) is 18.5 Å². The van der Waals surface area contributed by atoms with E-state index in [-0.39, 0.29) is 17.5 Å². The summed E-state index contributed by atoms with van der Waals surface area (Å²) in [5, 5.41) is 23.7. The summed E-state index contributed by atoms with van der Waals surface area (Å²) in [6.07, 6.45) is 0. The fraction of sp³-hybridized carbons (Fsp3) is 0.200. The third-order valence-electron chi connectivity index (χ3n) is 3.14. The van der Waals surface area contributed by atoms with Crippen molar-refractivity contribution in [3.05, 3.63) is 58.1 Å². The van der Waals surface area contributed by atoms with Crippen molar-refractivity contribution >= 4 is 11.4 Å². The number of non-ortho nitro benzene ring substituents is 1. The van der Waals surface area contributed by atoms with Crippen molar-refractivity contribution in [3.63, 3.8) is 0 Å². The molecule has 0 aliphatic heterocycles. The number of nitrogens with zero attached hydrogens (tertiary/aromatic N) is 1. The zero-order chi connectivity index (χ0) is 15.4. The molecule has 110 valence electrons. The summed E-state index contributed by atoms with van der Waals surface area (Å²) in [6.45, 7) is 1.89. The normalized spacial score (nSPS) is 11.7. The van der Waals surface area contributed by atoms with E-state index in [4.69, 9.17) is 4.74 Å². The third kappa shape index (κ3) is 3.42. The highest BCUT2D eigenvalue weighted by atomic mass is 16.6. The average Bonchev–Trinajstić information content (AvgIpc) is 2.47. The van der Waals surface area contributed by atoms with Crippen molar-refractivity contribution < 1.29 is 14.8 Å². The number of rotatable bonds is 5. The maximum Gasteiger partial charge on any atom is 0.269 e. The van der Waals surface area contributed by atoms with Gasteiger partial charge in [-0.2, -0.15) is 0 Å². The summed E-state index contributed by atoms with van der Waals surface area (Å²) >= 11 is 0. The van der Waals surface area contributed by atoms with Crippen LogP contribution in [0.5, 0.6) is 11.5 Å². The van der Waals surface area contributed by atoms with Gasteiger partial charge in [0, 0.05) is 29.9 Å². The van der Waals surface area contributed by atoms with Gasteiger partial charge < -0.3 is 15.2 Å². The maximum atomic E-state index is 10.8. The molecule has 0 radical (unpaired) electrons. The van der Waals surface area contributed by atoms with Crippen LogP contribution in [0.3, 0.4) is 0 Å². The van der Waals surface area contributed by atoms with Crippen molar-refractivity contribution in [2.75, 3.05) is 12.4 Å². The van der Waals surface area contributed by atoms with Crippen molar-refractivity contribution in [2.24, 2.45) is 0 Å². The molecule has 6 heteroatoms. The predicted octanol–water partition coefficient (Wildman–Crippen LogP) is 3.48. The van der Waals surface area contributed by atoms with Crippen LogP contribution in [0, 0.1) is 10.1 Å². The van der Waals surface area contributed by atoms with E-state index in [1.165, 1.54) is 19.2 Å². The molecular weight excluding hydrogens is 272 g/mol. The number of hydrogen-bond acceptors (Lipinski definition) is 5. The van der Waals surface area contributed by atoms with E-state index >= 15 is 0 Å². The zero-order valence-corrected chi connectivity index (χ0v) is 11.7. The Morgan fingerprint density at radius 3 is 2.67 bits per heavy atom. The highest BCUT2D eigenvalue weighted by Gasteiger charge is 2.11. The van der Waals surface area contributed by atoms with Crippen LogP contribution < -0.4 is 10.1 Å². The standard InChI is InChI=1S/C15H16N2O4/c1-10(11-4-3-5-13(8-11)17(19)20)16-12-6-7-15(21-2)14(18)9-12/h3-10,16,18H,1-2H3. The fourth-order valence-corrected chi connectivity index (χ4v) is 2.02. The van der Waals surface area contributed by atoms with Crippen LogP contribution in [0.2, 0.25) is 0 Å². The number of methoxy groups -OCH3 is 1. The van der Waals surface area contributed by atoms with Gasteiger partial charge >= 0.3 is 0 Å². The number of phenols is 1. The van der Waals surface area contributed by atoms with Gasteiger partial charge in [0.25, 0.3) is 5.69 Å². The van der Waals surface area contributed by atoms with E-state index in [1.54, 1.807) is 24.3 Å². The van der Waals surface area contributed by atoms with Crippen molar-refractivity contribution in [2.45, 2.75) is 13.0 Å². The lowest BCUT2D eigenvalue weighted by molar-refractivity contribution is -0.384. The highest BCUT2D eigenvalue weighted by Crippen LogP contribution is 2.30. The molecule has 6 nitrogen and oxygen atoms in total. The molecule has 0 saturated carbocycles. The Bertz CT molecular complexity index is 658. The first kappa shape index (κ1) is 14.6. The summed E-state index contributed by atoms with van der Waals surface area (Å²) in [4.78, 5) is 10.4. The molecule has 0 fully saturated rings. The molecular formula is C15H16N2O4. The number of nitrogens with one attached hydrogen (secondary N) is 1. The van der Waals surface area contributed by atoms with E-state index in [2.05, 4.69) is 5.32 Å². The van der Waals surface area contributed by atoms with Gasteiger partial charge in [-0.1, -0.05) is 12.1 Å². The molecule has 1 atom stereocenters. The Morgan fingerprint density at radius 2 is 2.05 bits per heavy atom. The van der Waals surface area contributed by atoms with Gasteiger partial charge in [0.2, 0.25) is 0 Å². The lowest BCUT2D eigenvalue weighted by atomic mass is 10.1. The van der Waals surface area contributed by atoms with E-state index in [9.17, 15) is 15.2 Å². The zero-order valence-electron chi connectivity index (χ0n) is 11.7. The summed E-state index contributed by atoms with van der Waals surface area (Å²) < 4.78 is 4.98. The summed E-state index contributed by atoms with van der Waals surface area (Å²) in [7, 11) is 1.48. The highest BCUT2D eigenvalue weighted by molar-refractivity contribution is 5.55. The van der Waals surface area contributed by atoms with Crippen LogP contribution >= 0.6 is 0 Å². The predicted molar refractivity (Wildman–Crippen MR) is 79.8 cm³/mol. The van der Waals surface area contributed by atoms with Crippen molar-refractivity contribution in [3.8, 4) is 11.5 Å². The van der Waals surface area contributed by atoms with E-state index in [1.807, 2.05) is 13.0 Å². The van der Waals surface area contributed by atoms with E-state index < -0.39 is 4.92 Å². The minimum atomic E-state index is -0.421. The van der Waals surface area contributed by atoms with Crippen molar-refractivity contribution in [1.82, 2.24) is 0 Å². The maximum absolute atomic E-state index is 10.8. The number of nitro benzene ring substituents is 1. The summed E-state index contributed by atoms with van der Waals surface area (Å²) in [5.41, 5.74) is 1.55. The van der Waals surface area contributed by atoms with E-state index in [0.717, 1.165) is 5.56 Å². The van der Waals surface area contributed by atoms with Crippen LogP contribution in [0.4, 0.5) is 11.4 Å². The molecule has 0 spiro atoms. The summed E-state index contributed by atoms with van der Waals surface area (Å²) in [6, 6.07) is 11.3. The monoisotopic (exact) mass is 288 g/mol. The molecule has 1 unspecified atom stereocenters. The van der Waals surface area contributed by atoms with Gasteiger partial charge in [0.05, 0.1) is 12.0 Å². The Morgan fingerprint density at radius 1 is 1.29 bits per heavy atom. The first-order chi connectivity index (χ1) is 10.0. The molecule has 0 aliphatic rings. The molecule has 0 aromatic heterocycles. The number of anilines is 1. The molecule has 2 rings (SSSR count). The summed E-state index contributed by atoms with van der Waals surface area (Å²) in [5.74, 6) is 0.428. The van der Waals surface area contributed by atoms with Gasteiger partial charge in [0.15, 0.2) is 11.5 Å². The first-order valence-electron chi connectivity index (χ1n) is 6.39. The number of nitro groups is 1. The molecule has 0 heterocycles. The molecule has 0 bridgehead atoms. The van der Waals surface area contributed by atoms with Crippen LogP contribution in [-0.2, 0) is 0 Å². The number of ether oxygens (including phenoxy) is 1. The number of hydrogen-bond donors (Lipinski definition) is 2. The van der Waals surface area contributed by atoms with Gasteiger partial charge in [-0.25, -0.2) is 0 Å². The van der Waals surface area contributed by atoms with Crippen molar-refractivity contribution in [1.29, 1.82) is 0 Å². The second kappa shape index (κ2) is 6.13. The number of phenolic OH excluding ortho intramolecular Hbond substituents is 1. The number of benzene rings is 2. The molecule has 2 aromatic rings. The Labute approximate surface area is 122 Å². The second-order valence-corrected chi connectivity index (χ2v) is 4.60. The Balaban J connectivity index is 2.17. The quantitative estimate of drug-likeness (QED) is 0.650. The molecule has 21 heavy (non-hydrogen) atoms. The topological polar surface area (TPSA) is 84.6 Å². The molecule has 0 amide bonds. The van der Waals surface area contributed by atoms with Crippen LogP contribution in [0.25, 0.3) is 0 Å². The minimum Gasteiger partial charge on any atom is -0.504 e. The molecule has 0 saturated heterocycles. The average molecular weight is 288 g/mol. The number of aromatic hydroxyl groups is 1. The third-order valence-corrected chi connectivity index (χ3v) is 3.14. The minimum absolute atomic E-state index is 0.0359. The van der Waals surface area contributed by atoms with Crippen LogP contribution in [0.15, 0.2) is 42.5 Å².